The molecule has 2 aromatic rings. The van der Waals surface area contributed by atoms with E-state index >= 15 is 0 Å². The summed E-state index contributed by atoms with van der Waals surface area (Å²) in [6.07, 6.45) is 1.62. The molecule has 0 aliphatic heterocycles. The molecule has 2 rings (SSSR count). The van der Waals surface area contributed by atoms with Crippen LogP contribution in [0.1, 0.15) is 70.4 Å². The van der Waals surface area contributed by atoms with E-state index < -0.39 is 0 Å². The van der Waals surface area contributed by atoms with Crippen molar-refractivity contribution in [2.75, 3.05) is 28.4 Å². The largest absolute Gasteiger partial charge is 0.496 e. The second-order valence-electron chi connectivity index (χ2n) is 7.97. The Balaban J connectivity index is 0.000000575. The first-order valence-corrected chi connectivity index (χ1v) is 11.6. The molecular weight excluding hydrogens is 432 g/mol. The number of ether oxygens (including phenoxy) is 4. The van der Waals surface area contributed by atoms with Crippen molar-refractivity contribution < 1.29 is 28.5 Å². The summed E-state index contributed by atoms with van der Waals surface area (Å²) in [7, 11) is 6.07. The van der Waals surface area contributed by atoms with Crippen molar-refractivity contribution >= 4 is 11.9 Å². The molecule has 0 bridgehead atoms. The van der Waals surface area contributed by atoms with Crippen LogP contribution < -0.4 is 9.47 Å². The van der Waals surface area contributed by atoms with Gasteiger partial charge in [0.1, 0.15) is 11.5 Å². The number of carbonyl (C=O) groups is 2. The summed E-state index contributed by atoms with van der Waals surface area (Å²) in [4.78, 5) is 22.6. The first kappa shape index (κ1) is 31.0. The van der Waals surface area contributed by atoms with Crippen molar-refractivity contribution in [2.24, 2.45) is 5.92 Å². The Hall–Kier alpha value is -3.02. The van der Waals surface area contributed by atoms with E-state index in [9.17, 15) is 9.59 Å². The second-order valence-corrected chi connectivity index (χ2v) is 7.97. The Bertz CT molecular complexity index is 848. The van der Waals surface area contributed by atoms with Crippen LogP contribution in [0.15, 0.2) is 48.5 Å². The van der Waals surface area contributed by atoms with Gasteiger partial charge in [0.15, 0.2) is 0 Å². The summed E-state index contributed by atoms with van der Waals surface area (Å²) >= 11 is 0. The van der Waals surface area contributed by atoms with E-state index in [2.05, 4.69) is 18.6 Å². The van der Waals surface area contributed by atoms with Crippen LogP contribution in [-0.2, 0) is 19.1 Å². The normalized spacial score (nSPS) is 12.4. The monoisotopic (exact) mass is 474 g/mol. The van der Waals surface area contributed by atoms with Gasteiger partial charge in [-0.15, -0.1) is 0 Å². The van der Waals surface area contributed by atoms with E-state index in [1.165, 1.54) is 20.6 Å². The van der Waals surface area contributed by atoms with Crippen molar-refractivity contribution in [1.82, 2.24) is 0 Å². The summed E-state index contributed by atoms with van der Waals surface area (Å²) in [5.41, 5.74) is 2.06. The van der Waals surface area contributed by atoms with E-state index in [-0.39, 0.29) is 29.7 Å². The maximum atomic E-state index is 11.5. The van der Waals surface area contributed by atoms with Gasteiger partial charge in [-0.1, -0.05) is 77.4 Å². The Kier molecular flexibility index (Phi) is 15.9. The molecule has 0 N–H and O–H groups in total. The Labute approximate surface area is 205 Å². The maximum absolute atomic E-state index is 11.5. The highest BCUT2D eigenvalue weighted by Gasteiger charge is 2.24. The Morgan fingerprint density at radius 1 is 0.735 bits per heavy atom. The topological polar surface area (TPSA) is 71.1 Å². The Morgan fingerprint density at radius 2 is 1.18 bits per heavy atom. The highest BCUT2D eigenvalue weighted by molar-refractivity contribution is 5.73. The molecule has 0 saturated heterocycles. The van der Waals surface area contributed by atoms with Crippen LogP contribution in [0.5, 0.6) is 11.5 Å². The van der Waals surface area contributed by atoms with Crippen LogP contribution in [0.3, 0.4) is 0 Å². The molecule has 0 heterocycles. The molecule has 34 heavy (non-hydrogen) atoms. The molecule has 0 radical (unpaired) electrons. The van der Waals surface area contributed by atoms with Crippen molar-refractivity contribution in [1.29, 1.82) is 0 Å². The number of esters is 2. The van der Waals surface area contributed by atoms with E-state index in [0.717, 1.165) is 22.6 Å². The standard InChI is InChI=1S/C13H18O3.C12H16O3.C3H8/c1-9(10(2)13(14)16-4)11-7-5-6-8-12(11)15-3;1-9(8-12(13)15-3)10-6-4-5-7-11(10)14-2;1-3-2/h5-10H,1-4H3;4-7,9H,8H2,1-3H3;3H2,1-2H3. The van der Waals surface area contributed by atoms with Gasteiger partial charge in [-0.25, -0.2) is 0 Å². The Morgan fingerprint density at radius 3 is 1.62 bits per heavy atom. The van der Waals surface area contributed by atoms with E-state index in [1.54, 1.807) is 14.2 Å². The lowest BCUT2D eigenvalue weighted by molar-refractivity contribution is -0.145. The summed E-state index contributed by atoms with van der Waals surface area (Å²) in [5.74, 6) is 1.23. The fourth-order valence-electron chi connectivity index (χ4n) is 3.22. The third-order valence-electron chi connectivity index (χ3n) is 5.32. The zero-order valence-corrected chi connectivity index (χ0v) is 22.2. The highest BCUT2D eigenvalue weighted by atomic mass is 16.5. The van der Waals surface area contributed by atoms with Gasteiger partial charge < -0.3 is 18.9 Å². The molecule has 0 saturated carbocycles. The number of carbonyl (C=O) groups excluding carboxylic acids is 2. The average molecular weight is 475 g/mol. The fraction of sp³-hybridized carbons (Fsp3) is 0.500. The molecule has 0 aromatic heterocycles. The second kappa shape index (κ2) is 17.5. The fourth-order valence-corrected chi connectivity index (χ4v) is 3.22. The third kappa shape index (κ3) is 10.3. The minimum atomic E-state index is -0.201. The van der Waals surface area contributed by atoms with Crippen molar-refractivity contribution in [3.05, 3.63) is 59.7 Å². The van der Waals surface area contributed by atoms with E-state index in [4.69, 9.17) is 14.2 Å². The average Bonchev–Trinajstić information content (AvgIpc) is 2.87. The lowest BCUT2D eigenvalue weighted by Gasteiger charge is -2.20. The predicted molar refractivity (Wildman–Crippen MR) is 137 cm³/mol. The molecule has 0 spiro atoms. The number of para-hydroxylation sites is 2. The van der Waals surface area contributed by atoms with Crippen LogP contribution in [0, 0.1) is 5.92 Å². The number of hydrogen-bond donors (Lipinski definition) is 0. The van der Waals surface area contributed by atoms with Gasteiger partial charge >= 0.3 is 11.9 Å². The molecule has 6 heteroatoms. The van der Waals surface area contributed by atoms with Gasteiger partial charge in [0.25, 0.3) is 0 Å². The lowest BCUT2D eigenvalue weighted by atomic mass is 9.88. The zero-order valence-electron chi connectivity index (χ0n) is 22.2. The van der Waals surface area contributed by atoms with Crippen molar-refractivity contribution in [3.8, 4) is 11.5 Å². The van der Waals surface area contributed by atoms with Gasteiger partial charge in [0.05, 0.1) is 40.8 Å². The maximum Gasteiger partial charge on any atom is 0.308 e. The minimum Gasteiger partial charge on any atom is -0.496 e. The SMILES string of the molecule is CCC.COC(=O)C(C)C(C)c1ccccc1OC.COC(=O)CC(C)c1ccccc1OC. The molecular formula is C28H42O6. The van der Waals surface area contributed by atoms with Crippen LogP contribution in [0.25, 0.3) is 0 Å². The van der Waals surface area contributed by atoms with E-state index in [0.29, 0.717) is 6.42 Å². The third-order valence-corrected chi connectivity index (χ3v) is 5.32. The first-order chi connectivity index (χ1) is 16.2. The first-order valence-electron chi connectivity index (χ1n) is 11.6. The van der Waals surface area contributed by atoms with E-state index in [1.807, 2.05) is 69.3 Å². The number of methoxy groups -OCH3 is 4. The highest BCUT2D eigenvalue weighted by Crippen LogP contribution is 2.32. The molecule has 0 aliphatic carbocycles. The van der Waals surface area contributed by atoms with Gasteiger partial charge in [-0.2, -0.15) is 0 Å². The molecule has 2 aromatic carbocycles. The summed E-state index contributed by atoms with van der Waals surface area (Å²) < 4.78 is 19.9. The smallest absolute Gasteiger partial charge is 0.308 e. The summed E-state index contributed by atoms with van der Waals surface area (Å²) in [5, 5.41) is 0. The number of rotatable bonds is 8. The molecule has 0 aliphatic rings. The molecule has 3 unspecified atom stereocenters. The zero-order chi connectivity index (χ0) is 26.1. The minimum absolute atomic E-state index is 0.0728. The summed E-state index contributed by atoms with van der Waals surface area (Å²) in [6.45, 7) is 10.1. The molecule has 0 amide bonds. The van der Waals surface area contributed by atoms with Crippen LogP contribution in [0.2, 0.25) is 0 Å². The number of benzene rings is 2. The van der Waals surface area contributed by atoms with Crippen molar-refractivity contribution in [2.45, 2.75) is 59.3 Å². The molecule has 3 atom stereocenters. The van der Waals surface area contributed by atoms with Gasteiger partial charge in [0.2, 0.25) is 0 Å². The lowest BCUT2D eigenvalue weighted by Crippen LogP contribution is -2.19. The predicted octanol–water partition coefficient (Wildman–Crippen LogP) is 6.39. The molecule has 0 fully saturated rings. The quantitative estimate of drug-likeness (QED) is 0.413. The molecule has 190 valence electrons. The van der Waals surface area contributed by atoms with Gasteiger partial charge in [0, 0.05) is 0 Å². The van der Waals surface area contributed by atoms with Crippen molar-refractivity contribution in [3.63, 3.8) is 0 Å². The van der Waals surface area contributed by atoms with Gasteiger partial charge in [-0.05, 0) is 35.1 Å². The van der Waals surface area contributed by atoms with Gasteiger partial charge in [-0.3, -0.25) is 9.59 Å². The molecule has 6 nitrogen and oxygen atoms in total. The van der Waals surface area contributed by atoms with Crippen LogP contribution >= 0.6 is 0 Å². The summed E-state index contributed by atoms with van der Waals surface area (Å²) in [6, 6.07) is 15.4. The van der Waals surface area contributed by atoms with Crippen LogP contribution in [-0.4, -0.2) is 40.4 Å². The number of hydrogen-bond acceptors (Lipinski definition) is 6. The van der Waals surface area contributed by atoms with Crippen LogP contribution in [0.4, 0.5) is 0 Å².